The third kappa shape index (κ3) is 4.61. The number of hydrogen-bond acceptors (Lipinski definition) is 4. The zero-order valence-electron chi connectivity index (χ0n) is 15.0. The lowest BCUT2D eigenvalue weighted by Crippen LogP contribution is -2.12. The molecule has 0 aliphatic heterocycles. The maximum atomic E-state index is 13.0. The molecule has 2 aromatic heterocycles. The first kappa shape index (κ1) is 18.7. The average Bonchev–Trinajstić information content (AvgIpc) is 3.37. The third-order valence-corrected chi connectivity index (χ3v) is 4.25. The SMILES string of the molecule is O=C(Nc1cnn(COc2cccc(Cl)c2)c1)c1cc(-c2ccc(F)cc2)n[nH]1. The summed E-state index contributed by atoms with van der Waals surface area (Å²) in [5.41, 5.74) is 2.02. The highest BCUT2D eigenvalue weighted by atomic mass is 35.5. The lowest BCUT2D eigenvalue weighted by atomic mass is 10.1. The molecule has 7 nitrogen and oxygen atoms in total. The van der Waals surface area contributed by atoms with Crippen molar-refractivity contribution in [3.8, 4) is 17.0 Å². The summed E-state index contributed by atoms with van der Waals surface area (Å²) < 4.78 is 20.2. The van der Waals surface area contributed by atoms with Crippen LogP contribution in [0.4, 0.5) is 10.1 Å². The normalized spacial score (nSPS) is 10.7. The lowest BCUT2D eigenvalue weighted by molar-refractivity contribution is 0.102. The Morgan fingerprint density at radius 2 is 2.03 bits per heavy atom. The van der Waals surface area contributed by atoms with Gasteiger partial charge in [-0.05, 0) is 48.5 Å². The molecule has 0 fully saturated rings. The van der Waals surface area contributed by atoms with Gasteiger partial charge in [-0.1, -0.05) is 17.7 Å². The van der Waals surface area contributed by atoms with E-state index >= 15 is 0 Å². The second-order valence-corrected chi connectivity index (χ2v) is 6.56. The number of carbonyl (C=O) groups excluding carboxylic acids is 1. The van der Waals surface area contributed by atoms with Gasteiger partial charge in [-0.3, -0.25) is 9.89 Å². The molecule has 0 bridgehead atoms. The summed E-state index contributed by atoms with van der Waals surface area (Å²) in [6.45, 7) is 0.162. The lowest BCUT2D eigenvalue weighted by Gasteiger charge is -2.06. The Balaban J connectivity index is 1.37. The van der Waals surface area contributed by atoms with Crippen LogP contribution in [0.2, 0.25) is 5.02 Å². The highest BCUT2D eigenvalue weighted by Crippen LogP contribution is 2.19. The van der Waals surface area contributed by atoms with Crippen molar-refractivity contribution in [3.63, 3.8) is 0 Å². The van der Waals surface area contributed by atoms with Crippen molar-refractivity contribution in [1.82, 2.24) is 20.0 Å². The number of aromatic amines is 1. The maximum Gasteiger partial charge on any atom is 0.273 e. The van der Waals surface area contributed by atoms with Gasteiger partial charge in [0, 0.05) is 10.6 Å². The molecule has 2 N–H and O–H groups in total. The van der Waals surface area contributed by atoms with E-state index in [1.807, 2.05) is 0 Å². The molecule has 9 heteroatoms. The number of nitrogens with zero attached hydrogens (tertiary/aromatic N) is 3. The van der Waals surface area contributed by atoms with Crippen LogP contribution >= 0.6 is 11.6 Å². The molecule has 4 rings (SSSR count). The summed E-state index contributed by atoms with van der Waals surface area (Å²) in [6.07, 6.45) is 3.15. The topological polar surface area (TPSA) is 84.8 Å². The highest BCUT2D eigenvalue weighted by molar-refractivity contribution is 6.30. The zero-order valence-corrected chi connectivity index (χ0v) is 15.7. The fourth-order valence-corrected chi connectivity index (χ4v) is 2.78. The molecule has 146 valence electrons. The van der Waals surface area contributed by atoms with Gasteiger partial charge < -0.3 is 10.1 Å². The standard InChI is InChI=1S/C20H15ClFN5O2/c21-14-2-1-3-17(8-14)29-12-27-11-16(10-23-27)24-20(28)19-9-18(25-26-19)13-4-6-15(22)7-5-13/h1-11H,12H2,(H,24,28)(H,25,26). The van der Waals surface area contributed by atoms with Crippen LogP contribution in [-0.2, 0) is 6.73 Å². The number of carbonyl (C=O) groups is 1. The van der Waals surface area contributed by atoms with Crippen molar-refractivity contribution < 1.29 is 13.9 Å². The van der Waals surface area contributed by atoms with Crippen molar-refractivity contribution in [2.45, 2.75) is 6.73 Å². The van der Waals surface area contributed by atoms with Gasteiger partial charge in [0.1, 0.15) is 17.3 Å². The van der Waals surface area contributed by atoms with Crippen LogP contribution in [0, 0.1) is 5.82 Å². The largest absolute Gasteiger partial charge is 0.471 e. The van der Waals surface area contributed by atoms with Gasteiger partial charge in [-0.2, -0.15) is 10.2 Å². The third-order valence-electron chi connectivity index (χ3n) is 4.01. The smallest absolute Gasteiger partial charge is 0.273 e. The van der Waals surface area contributed by atoms with Gasteiger partial charge in [-0.25, -0.2) is 9.07 Å². The van der Waals surface area contributed by atoms with Gasteiger partial charge in [-0.15, -0.1) is 0 Å². The average molecular weight is 412 g/mol. The Bertz CT molecular complexity index is 1140. The minimum absolute atomic E-state index is 0.162. The first-order valence-corrected chi connectivity index (χ1v) is 8.98. The molecule has 0 unspecified atom stereocenters. The van der Waals surface area contributed by atoms with E-state index in [0.29, 0.717) is 27.7 Å². The second-order valence-electron chi connectivity index (χ2n) is 6.13. The van der Waals surface area contributed by atoms with E-state index in [1.165, 1.54) is 23.0 Å². The molecule has 0 aliphatic carbocycles. The molecule has 0 saturated heterocycles. The van der Waals surface area contributed by atoms with Crippen LogP contribution in [0.25, 0.3) is 11.3 Å². The number of halogens is 2. The molecule has 4 aromatic rings. The molecular formula is C20H15ClFN5O2. The molecule has 2 aromatic carbocycles. The minimum Gasteiger partial charge on any atom is -0.471 e. The second kappa shape index (κ2) is 8.15. The number of ether oxygens (including phenoxy) is 1. The molecule has 0 aliphatic rings. The molecule has 1 amide bonds. The predicted octanol–water partition coefficient (Wildman–Crippen LogP) is 4.35. The van der Waals surface area contributed by atoms with E-state index in [-0.39, 0.29) is 24.1 Å². The monoisotopic (exact) mass is 411 g/mol. The fraction of sp³-hybridized carbons (Fsp3) is 0.0500. The number of hydrogen-bond donors (Lipinski definition) is 2. The van der Waals surface area contributed by atoms with Crippen molar-refractivity contribution >= 4 is 23.2 Å². The van der Waals surface area contributed by atoms with Crippen LogP contribution in [0.1, 0.15) is 10.5 Å². The highest BCUT2D eigenvalue weighted by Gasteiger charge is 2.12. The number of benzene rings is 2. The van der Waals surface area contributed by atoms with Crippen molar-refractivity contribution in [2.75, 3.05) is 5.32 Å². The summed E-state index contributed by atoms with van der Waals surface area (Å²) in [7, 11) is 0. The summed E-state index contributed by atoms with van der Waals surface area (Å²) in [6, 6.07) is 14.5. The van der Waals surface area contributed by atoms with E-state index in [2.05, 4.69) is 20.6 Å². The van der Waals surface area contributed by atoms with Gasteiger partial charge in [0.25, 0.3) is 5.91 Å². The molecule has 29 heavy (non-hydrogen) atoms. The van der Waals surface area contributed by atoms with E-state index in [1.54, 1.807) is 48.7 Å². The number of aromatic nitrogens is 4. The Hall–Kier alpha value is -3.65. The van der Waals surface area contributed by atoms with Gasteiger partial charge in [0.15, 0.2) is 6.73 Å². The first-order valence-electron chi connectivity index (χ1n) is 8.60. The number of amides is 1. The number of nitrogens with one attached hydrogen (secondary N) is 2. The minimum atomic E-state index is -0.374. The quantitative estimate of drug-likeness (QED) is 0.494. The Morgan fingerprint density at radius 3 is 2.83 bits per heavy atom. The van der Waals surface area contributed by atoms with E-state index in [0.717, 1.165) is 0 Å². The van der Waals surface area contributed by atoms with Crippen molar-refractivity contribution in [3.05, 3.63) is 83.5 Å². The van der Waals surface area contributed by atoms with Gasteiger partial charge >= 0.3 is 0 Å². The van der Waals surface area contributed by atoms with Crippen LogP contribution < -0.4 is 10.1 Å². The molecular weight excluding hydrogens is 397 g/mol. The summed E-state index contributed by atoms with van der Waals surface area (Å²) in [4.78, 5) is 12.4. The van der Waals surface area contributed by atoms with Crippen LogP contribution in [0.5, 0.6) is 5.75 Å². The van der Waals surface area contributed by atoms with Crippen LogP contribution in [0.15, 0.2) is 67.0 Å². The Morgan fingerprint density at radius 1 is 1.21 bits per heavy atom. The number of rotatable bonds is 6. The first-order chi connectivity index (χ1) is 14.1. The number of H-pyrrole nitrogens is 1. The summed E-state index contributed by atoms with van der Waals surface area (Å²) >= 11 is 5.92. The summed E-state index contributed by atoms with van der Waals surface area (Å²) in [5.74, 6) is -0.0934. The predicted molar refractivity (Wildman–Crippen MR) is 106 cm³/mol. The molecule has 0 saturated carbocycles. The number of anilines is 1. The summed E-state index contributed by atoms with van der Waals surface area (Å²) in [5, 5.41) is 14.2. The zero-order chi connectivity index (χ0) is 20.2. The molecule has 0 atom stereocenters. The fourth-order valence-electron chi connectivity index (χ4n) is 2.60. The van der Waals surface area contributed by atoms with Gasteiger partial charge in [0.2, 0.25) is 0 Å². The van der Waals surface area contributed by atoms with Crippen molar-refractivity contribution in [1.29, 1.82) is 0 Å². The molecule has 0 radical (unpaired) electrons. The molecule has 0 spiro atoms. The van der Waals surface area contributed by atoms with Crippen LogP contribution in [0.3, 0.4) is 0 Å². The van der Waals surface area contributed by atoms with Gasteiger partial charge in [0.05, 0.1) is 23.8 Å². The molecule has 2 heterocycles. The van der Waals surface area contributed by atoms with E-state index < -0.39 is 0 Å². The van der Waals surface area contributed by atoms with E-state index in [4.69, 9.17) is 16.3 Å². The Kier molecular flexibility index (Phi) is 5.26. The van der Waals surface area contributed by atoms with Crippen LogP contribution in [-0.4, -0.2) is 25.9 Å². The van der Waals surface area contributed by atoms with E-state index in [9.17, 15) is 9.18 Å². The van der Waals surface area contributed by atoms with Crippen molar-refractivity contribution in [2.24, 2.45) is 0 Å². The Labute approximate surface area is 170 Å². The maximum absolute atomic E-state index is 13.0.